The van der Waals surface area contributed by atoms with Crippen molar-refractivity contribution in [3.8, 4) is 16.9 Å². The van der Waals surface area contributed by atoms with Crippen LogP contribution in [0, 0.1) is 13.8 Å². The Morgan fingerprint density at radius 3 is 2.48 bits per heavy atom. The summed E-state index contributed by atoms with van der Waals surface area (Å²) in [7, 11) is 0. The molecule has 1 amide bonds. The van der Waals surface area contributed by atoms with Gasteiger partial charge in [0.15, 0.2) is 0 Å². The molecule has 0 saturated heterocycles. The number of hydrogen-bond acceptors (Lipinski definition) is 2. The van der Waals surface area contributed by atoms with Gasteiger partial charge < -0.3 is 5.32 Å². The Morgan fingerprint density at radius 1 is 0.935 bits per heavy atom. The molecule has 0 bridgehead atoms. The highest BCUT2D eigenvalue weighted by Crippen LogP contribution is 2.25. The zero-order valence-electron chi connectivity index (χ0n) is 17.6. The van der Waals surface area contributed by atoms with Crippen LogP contribution in [-0.2, 0) is 6.42 Å². The zero-order chi connectivity index (χ0) is 21.8. The molecular formula is C26H24ClN3O. The van der Waals surface area contributed by atoms with Gasteiger partial charge in [-0.05, 0) is 67.3 Å². The second kappa shape index (κ2) is 9.19. The lowest BCUT2D eigenvalue weighted by Gasteiger charge is -2.09. The van der Waals surface area contributed by atoms with Gasteiger partial charge in [0.25, 0.3) is 5.91 Å². The summed E-state index contributed by atoms with van der Waals surface area (Å²) in [5.74, 6) is -0.168. The normalized spacial score (nSPS) is 10.8. The van der Waals surface area contributed by atoms with Crippen LogP contribution in [0.5, 0.6) is 0 Å². The highest BCUT2D eigenvalue weighted by Gasteiger charge is 2.18. The monoisotopic (exact) mass is 429 g/mol. The summed E-state index contributed by atoms with van der Waals surface area (Å²) in [5, 5.41) is 8.37. The Morgan fingerprint density at radius 2 is 1.74 bits per heavy atom. The third kappa shape index (κ3) is 4.86. The maximum atomic E-state index is 13.1. The van der Waals surface area contributed by atoms with E-state index in [0.29, 0.717) is 17.3 Å². The largest absolute Gasteiger partial charge is 0.350 e. The van der Waals surface area contributed by atoms with Crippen molar-refractivity contribution < 1.29 is 4.79 Å². The first-order chi connectivity index (χ1) is 15.0. The van der Waals surface area contributed by atoms with Crippen molar-refractivity contribution in [3.63, 3.8) is 0 Å². The first-order valence-electron chi connectivity index (χ1n) is 10.3. The lowest BCUT2D eigenvalue weighted by molar-refractivity contribution is 0.0946. The second-order valence-corrected chi connectivity index (χ2v) is 8.03. The molecule has 31 heavy (non-hydrogen) atoms. The van der Waals surface area contributed by atoms with Crippen LogP contribution in [0.4, 0.5) is 0 Å². The number of halogens is 1. The van der Waals surface area contributed by atoms with E-state index in [1.807, 2.05) is 42.5 Å². The fourth-order valence-corrected chi connectivity index (χ4v) is 3.63. The van der Waals surface area contributed by atoms with E-state index < -0.39 is 0 Å². The Hall–Kier alpha value is -3.37. The average Bonchev–Trinajstić information content (AvgIpc) is 3.22. The summed E-state index contributed by atoms with van der Waals surface area (Å²) in [5.41, 5.74) is 6.53. The fraction of sp³-hybridized carbons (Fsp3) is 0.154. The van der Waals surface area contributed by atoms with Gasteiger partial charge in [-0.2, -0.15) is 5.10 Å². The number of aromatic nitrogens is 2. The van der Waals surface area contributed by atoms with Gasteiger partial charge in [-0.1, -0.05) is 60.1 Å². The molecule has 3 aromatic carbocycles. The summed E-state index contributed by atoms with van der Waals surface area (Å²) < 4.78 is 1.66. The van der Waals surface area contributed by atoms with E-state index in [9.17, 15) is 4.79 Å². The standard InChI is InChI=1S/C26H24ClN3O/c1-18-11-12-21(15-19(18)2)24-17-25(30(29-24)23-10-6-9-22(27)16-23)26(31)28-14-13-20-7-4-3-5-8-20/h3-12,15-17H,13-14H2,1-2H3,(H,28,31). The van der Waals surface area contributed by atoms with E-state index >= 15 is 0 Å². The highest BCUT2D eigenvalue weighted by atomic mass is 35.5. The smallest absolute Gasteiger partial charge is 0.270 e. The number of amides is 1. The molecule has 1 aromatic heterocycles. The predicted octanol–water partition coefficient (Wildman–Crippen LogP) is 5.78. The first-order valence-corrected chi connectivity index (χ1v) is 10.6. The third-order valence-corrected chi connectivity index (χ3v) is 5.57. The maximum absolute atomic E-state index is 13.1. The molecule has 4 rings (SSSR count). The van der Waals surface area contributed by atoms with Crippen molar-refractivity contribution in [3.05, 3.63) is 106 Å². The van der Waals surface area contributed by atoms with Crippen LogP contribution in [0.3, 0.4) is 0 Å². The van der Waals surface area contributed by atoms with Crippen LogP contribution >= 0.6 is 11.6 Å². The Bertz CT molecular complexity index is 1210. The molecule has 4 aromatic rings. The van der Waals surface area contributed by atoms with Crippen molar-refractivity contribution in [2.75, 3.05) is 6.54 Å². The Labute approximate surface area is 187 Å². The zero-order valence-corrected chi connectivity index (χ0v) is 18.4. The summed E-state index contributed by atoms with van der Waals surface area (Å²) in [6.07, 6.45) is 0.766. The van der Waals surface area contributed by atoms with Crippen molar-refractivity contribution in [2.45, 2.75) is 20.3 Å². The second-order valence-electron chi connectivity index (χ2n) is 7.60. The van der Waals surface area contributed by atoms with Gasteiger partial charge >= 0.3 is 0 Å². The lowest BCUT2D eigenvalue weighted by atomic mass is 10.0. The Kier molecular flexibility index (Phi) is 6.19. The van der Waals surface area contributed by atoms with Crippen LogP contribution in [0.1, 0.15) is 27.2 Å². The molecule has 4 nitrogen and oxygen atoms in total. The fourth-order valence-electron chi connectivity index (χ4n) is 3.44. The van der Waals surface area contributed by atoms with E-state index in [2.05, 4.69) is 43.4 Å². The molecule has 5 heteroatoms. The van der Waals surface area contributed by atoms with Gasteiger partial charge in [-0.15, -0.1) is 0 Å². The topological polar surface area (TPSA) is 46.9 Å². The number of carbonyl (C=O) groups is 1. The van der Waals surface area contributed by atoms with Gasteiger partial charge in [0.05, 0.1) is 11.4 Å². The number of hydrogen-bond donors (Lipinski definition) is 1. The quantitative estimate of drug-likeness (QED) is 0.422. The highest BCUT2D eigenvalue weighted by molar-refractivity contribution is 6.30. The van der Waals surface area contributed by atoms with E-state index in [0.717, 1.165) is 23.4 Å². The molecular weight excluding hydrogens is 406 g/mol. The third-order valence-electron chi connectivity index (χ3n) is 5.34. The molecule has 156 valence electrons. The van der Waals surface area contributed by atoms with Gasteiger partial charge in [-0.3, -0.25) is 4.79 Å². The van der Waals surface area contributed by atoms with Crippen LogP contribution in [0.25, 0.3) is 16.9 Å². The summed E-state index contributed by atoms with van der Waals surface area (Å²) in [6, 6.07) is 25.5. The summed E-state index contributed by atoms with van der Waals surface area (Å²) in [6.45, 7) is 4.70. The number of nitrogens with one attached hydrogen (secondary N) is 1. The number of rotatable bonds is 6. The molecule has 1 N–H and O–H groups in total. The summed E-state index contributed by atoms with van der Waals surface area (Å²) in [4.78, 5) is 13.1. The molecule has 0 spiro atoms. The van der Waals surface area contributed by atoms with Crippen LogP contribution < -0.4 is 5.32 Å². The van der Waals surface area contributed by atoms with Crippen LogP contribution in [0.15, 0.2) is 78.9 Å². The molecule has 0 aliphatic rings. The molecule has 0 saturated carbocycles. The van der Waals surface area contributed by atoms with Crippen LogP contribution in [0.2, 0.25) is 5.02 Å². The molecule has 0 radical (unpaired) electrons. The SMILES string of the molecule is Cc1ccc(-c2cc(C(=O)NCCc3ccccc3)n(-c3cccc(Cl)c3)n2)cc1C. The molecule has 0 unspecified atom stereocenters. The average molecular weight is 430 g/mol. The number of nitrogens with zero attached hydrogens (tertiary/aromatic N) is 2. The Balaban J connectivity index is 1.65. The minimum atomic E-state index is -0.168. The summed E-state index contributed by atoms with van der Waals surface area (Å²) >= 11 is 6.20. The van der Waals surface area contributed by atoms with Gasteiger partial charge in [0.2, 0.25) is 0 Å². The van der Waals surface area contributed by atoms with Crippen molar-refractivity contribution in [2.24, 2.45) is 0 Å². The van der Waals surface area contributed by atoms with Crippen molar-refractivity contribution >= 4 is 17.5 Å². The number of aryl methyl sites for hydroxylation is 2. The predicted molar refractivity (Wildman–Crippen MR) is 126 cm³/mol. The minimum Gasteiger partial charge on any atom is -0.350 e. The minimum absolute atomic E-state index is 0.168. The van der Waals surface area contributed by atoms with Gasteiger partial charge in [0, 0.05) is 17.1 Å². The van der Waals surface area contributed by atoms with Crippen LogP contribution in [-0.4, -0.2) is 22.2 Å². The lowest BCUT2D eigenvalue weighted by Crippen LogP contribution is -2.27. The first kappa shape index (κ1) is 20.9. The van der Waals surface area contributed by atoms with Crippen molar-refractivity contribution in [1.29, 1.82) is 0 Å². The van der Waals surface area contributed by atoms with Crippen molar-refractivity contribution in [1.82, 2.24) is 15.1 Å². The number of benzene rings is 3. The van der Waals surface area contributed by atoms with E-state index in [1.165, 1.54) is 16.7 Å². The molecule has 1 heterocycles. The molecule has 0 aliphatic heterocycles. The molecule has 0 fully saturated rings. The van der Waals surface area contributed by atoms with E-state index in [4.69, 9.17) is 16.7 Å². The van der Waals surface area contributed by atoms with E-state index in [-0.39, 0.29) is 5.91 Å². The van der Waals surface area contributed by atoms with Gasteiger partial charge in [-0.25, -0.2) is 4.68 Å². The van der Waals surface area contributed by atoms with Gasteiger partial charge in [0.1, 0.15) is 5.69 Å². The molecule has 0 atom stereocenters. The number of carbonyl (C=O) groups excluding carboxylic acids is 1. The maximum Gasteiger partial charge on any atom is 0.270 e. The van der Waals surface area contributed by atoms with E-state index in [1.54, 1.807) is 16.8 Å². The molecule has 0 aliphatic carbocycles.